The number of amides is 3. The SMILES string of the molecule is CCC[C@@]1(c2ccccc2)NC(=O)N(Cc2nc(-c3ccco3)no2)C1=O. The van der Waals surface area contributed by atoms with Gasteiger partial charge in [0, 0.05) is 0 Å². The fraction of sp³-hybridized carbons (Fsp3) is 0.263. The molecule has 3 aromatic rings. The van der Waals surface area contributed by atoms with E-state index in [1.807, 2.05) is 37.3 Å². The van der Waals surface area contributed by atoms with Gasteiger partial charge in [-0.1, -0.05) is 48.8 Å². The number of imide groups is 1. The van der Waals surface area contributed by atoms with Gasteiger partial charge >= 0.3 is 6.03 Å². The molecular weight excluding hydrogens is 348 g/mol. The van der Waals surface area contributed by atoms with Gasteiger partial charge < -0.3 is 14.3 Å². The van der Waals surface area contributed by atoms with Crippen LogP contribution >= 0.6 is 0 Å². The number of nitrogens with zero attached hydrogens (tertiary/aromatic N) is 3. The van der Waals surface area contributed by atoms with Gasteiger partial charge in [0.15, 0.2) is 5.76 Å². The van der Waals surface area contributed by atoms with E-state index in [0.29, 0.717) is 12.2 Å². The first-order chi connectivity index (χ1) is 13.1. The maximum atomic E-state index is 13.2. The number of benzene rings is 1. The van der Waals surface area contributed by atoms with Gasteiger partial charge in [0.2, 0.25) is 11.7 Å². The monoisotopic (exact) mass is 366 g/mol. The first kappa shape index (κ1) is 17.0. The highest BCUT2D eigenvalue weighted by molar-refractivity contribution is 6.07. The van der Waals surface area contributed by atoms with Crippen LogP contribution in [-0.2, 0) is 16.9 Å². The van der Waals surface area contributed by atoms with Gasteiger partial charge in [-0.05, 0) is 24.1 Å². The number of urea groups is 1. The van der Waals surface area contributed by atoms with Crippen LogP contribution < -0.4 is 5.32 Å². The van der Waals surface area contributed by atoms with Crippen molar-refractivity contribution in [3.8, 4) is 11.6 Å². The summed E-state index contributed by atoms with van der Waals surface area (Å²) >= 11 is 0. The Morgan fingerprint density at radius 3 is 2.67 bits per heavy atom. The molecule has 1 aliphatic rings. The Bertz CT molecular complexity index is 951. The second-order valence-corrected chi connectivity index (χ2v) is 6.33. The molecule has 138 valence electrons. The fourth-order valence-electron chi connectivity index (χ4n) is 3.34. The Labute approximate surface area is 155 Å². The molecule has 2 aromatic heterocycles. The van der Waals surface area contributed by atoms with E-state index in [1.54, 1.807) is 12.1 Å². The molecule has 27 heavy (non-hydrogen) atoms. The molecule has 1 aromatic carbocycles. The van der Waals surface area contributed by atoms with E-state index in [-0.39, 0.29) is 24.2 Å². The van der Waals surface area contributed by atoms with Crippen molar-refractivity contribution in [3.63, 3.8) is 0 Å². The number of hydrogen-bond donors (Lipinski definition) is 1. The normalized spacial score (nSPS) is 19.5. The van der Waals surface area contributed by atoms with E-state index in [1.165, 1.54) is 6.26 Å². The highest BCUT2D eigenvalue weighted by Crippen LogP contribution is 2.34. The predicted molar refractivity (Wildman–Crippen MR) is 94.1 cm³/mol. The smallest absolute Gasteiger partial charge is 0.325 e. The Hall–Kier alpha value is -3.42. The second-order valence-electron chi connectivity index (χ2n) is 6.33. The quantitative estimate of drug-likeness (QED) is 0.673. The Morgan fingerprint density at radius 2 is 1.96 bits per heavy atom. The number of nitrogens with one attached hydrogen (secondary N) is 1. The van der Waals surface area contributed by atoms with Crippen molar-refractivity contribution < 1.29 is 18.5 Å². The van der Waals surface area contributed by atoms with Gasteiger partial charge in [0.1, 0.15) is 12.1 Å². The molecule has 0 bridgehead atoms. The van der Waals surface area contributed by atoms with Gasteiger partial charge in [-0.2, -0.15) is 4.98 Å². The summed E-state index contributed by atoms with van der Waals surface area (Å²) in [6.45, 7) is 1.87. The van der Waals surface area contributed by atoms with Gasteiger partial charge in [-0.25, -0.2) is 4.79 Å². The third-order valence-electron chi connectivity index (χ3n) is 4.57. The second kappa shape index (κ2) is 6.71. The fourth-order valence-corrected chi connectivity index (χ4v) is 3.34. The zero-order chi connectivity index (χ0) is 18.9. The highest BCUT2D eigenvalue weighted by atomic mass is 16.5. The average Bonchev–Trinajstić information content (AvgIpc) is 3.41. The first-order valence-corrected chi connectivity index (χ1v) is 8.70. The summed E-state index contributed by atoms with van der Waals surface area (Å²) in [5.41, 5.74) is -0.314. The van der Waals surface area contributed by atoms with Gasteiger partial charge in [-0.3, -0.25) is 9.69 Å². The van der Waals surface area contributed by atoms with E-state index in [4.69, 9.17) is 8.94 Å². The molecule has 1 saturated heterocycles. The summed E-state index contributed by atoms with van der Waals surface area (Å²) in [7, 11) is 0. The lowest BCUT2D eigenvalue weighted by atomic mass is 9.85. The highest BCUT2D eigenvalue weighted by Gasteiger charge is 2.52. The summed E-state index contributed by atoms with van der Waals surface area (Å²) in [6.07, 6.45) is 2.74. The predicted octanol–water partition coefficient (Wildman–Crippen LogP) is 3.08. The molecule has 1 atom stereocenters. The van der Waals surface area contributed by atoms with E-state index in [9.17, 15) is 9.59 Å². The zero-order valence-corrected chi connectivity index (χ0v) is 14.7. The van der Waals surface area contributed by atoms with Crippen LogP contribution in [0.15, 0.2) is 57.7 Å². The van der Waals surface area contributed by atoms with Crippen molar-refractivity contribution in [1.82, 2.24) is 20.4 Å². The third-order valence-corrected chi connectivity index (χ3v) is 4.57. The van der Waals surface area contributed by atoms with E-state index in [2.05, 4.69) is 15.5 Å². The van der Waals surface area contributed by atoms with Gasteiger partial charge in [0.25, 0.3) is 5.91 Å². The Kier molecular flexibility index (Phi) is 4.23. The van der Waals surface area contributed by atoms with Crippen LogP contribution in [0.2, 0.25) is 0 Å². The number of hydrogen-bond acceptors (Lipinski definition) is 6. The van der Waals surface area contributed by atoms with Crippen LogP contribution in [0.3, 0.4) is 0 Å². The van der Waals surface area contributed by atoms with Crippen molar-refractivity contribution in [2.24, 2.45) is 0 Å². The molecule has 0 aliphatic carbocycles. The van der Waals surface area contributed by atoms with Crippen molar-refractivity contribution in [3.05, 3.63) is 60.2 Å². The van der Waals surface area contributed by atoms with Gasteiger partial charge in [0.05, 0.1) is 6.26 Å². The zero-order valence-electron chi connectivity index (χ0n) is 14.7. The number of carbonyl (C=O) groups excluding carboxylic acids is 2. The van der Waals surface area contributed by atoms with Crippen molar-refractivity contribution in [1.29, 1.82) is 0 Å². The molecule has 1 aliphatic heterocycles. The molecule has 3 amide bonds. The van der Waals surface area contributed by atoms with Crippen LogP contribution in [0.25, 0.3) is 11.6 Å². The van der Waals surface area contributed by atoms with Crippen LogP contribution in [0.4, 0.5) is 4.79 Å². The minimum Gasteiger partial charge on any atom is -0.461 e. The molecule has 1 fully saturated rings. The minimum atomic E-state index is -1.07. The van der Waals surface area contributed by atoms with Crippen molar-refractivity contribution in [2.75, 3.05) is 0 Å². The molecule has 8 nitrogen and oxygen atoms in total. The largest absolute Gasteiger partial charge is 0.461 e. The molecule has 0 saturated carbocycles. The molecule has 0 radical (unpaired) electrons. The van der Waals surface area contributed by atoms with E-state index in [0.717, 1.165) is 16.9 Å². The molecule has 0 spiro atoms. The lowest BCUT2D eigenvalue weighted by Crippen LogP contribution is -2.43. The summed E-state index contributed by atoms with van der Waals surface area (Å²) in [4.78, 5) is 31.1. The summed E-state index contributed by atoms with van der Waals surface area (Å²) in [6, 6.07) is 12.2. The Morgan fingerprint density at radius 1 is 1.15 bits per heavy atom. The van der Waals surface area contributed by atoms with Crippen LogP contribution in [0, 0.1) is 0 Å². The number of furan rings is 1. The van der Waals surface area contributed by atoms with E-state index < -0.39 is 11.6 Å². The standard InChI is InChI=1S/C19H18N4O4/c1-2-10-19(13-7-4-3-5-8-13)17(24)23(18(25)21-19)12-15-20-16(22-27-15)14-9-6-11-26-14/h3-9,11H,2,10,12H2,1H3,(H,21,25)/t19-/m0/s1. The number of rotatable bonds is 6. The van der Waals surface area contributed by atoms with Crippen molar-refractivity contribution in [2.45, 2.75) is 31.8 Å². The Balaban J connectivity index is 1.61. The van der Waals surface area contributed by atoms with Crippen LogP contribution in [0.1, 0.15) is 31.2 Å². The van der Waals surface area contributed by atoms with Crippen LogP contribution in [0.5, 0.6) is 0 Å². The number of aromatic nitrogens is 2. The summed E-state index contributed by atoms with van der Waals surface area (Å²) in [5, 5.41) is 6.70. The lowest BCUT2D eigenvalue weighted by Gasteiger charge is -2.26. The third kappa shape index (κ3) is 2.88. The van der Waals surface area contributed by atoms with E-state index >= 15 is 0 Å². The molecule has 1 N–H and O–H groups in total. The summed E-state index contributed by atoms with van der Waals surface area (Å²) < 4.78 is 10.4. The molecule has 3 heterocycles. The maximum absolute atomic E-state index is 13.2. The van der Waals surface area contributed by atoms with Crippen LogP contribution in [-0.4, -0.2) is 27.0 Å². The summed E-state index contributed by atoms with van der Waals surface area (Å²) in [5.74, 6) is 0.556. The van der Waals surface area contributed by atoms with Gasteiger partial charge in [-0.15, -0.1) is 0 Å². The topological polar surface area (TPSA) is 101 Å². The van der Waals surface area contributed by atoms with Crippen molar-refractivity contribution >= 4 is 11.9 Å². The molecular formula is C19H18N4O4. The number of carbonyl (C=O) groups is 2. The first-order valence-electron chi connectivity index (χ1n) is 8.70. The molecule has 4 rings (SSSR count). The average molecular weight is 366 g/mol. The molecule has 8 heteroatoms. The minimum absolute atomic E-state index is 0.101. The maximum Gasteiger partial charge on any atom is 0.325 e. The molecule has 0 unspecified atom stereocenters. The lowest BCUT2D eigenvalue weighted by molar-refractivity contribution is -0.132.